The van der Waals surface area contributed by atoms with Crippen LogP contribution in [0.4, 0.5) is 0 Å². The number of hydrogen-bond donors (Lipinski definition) is 1. The van der Waals surface area contributed by atoms with Crippen LogP contribution in [0.5, 0.6) is 11.6 Å². The maximum Gasteiger partial charge on any atom is 0.231 e. The molecule has 3 aromatic rings. The fraction of sp³-hybridized carbons (Fsp3) is 0.400. The van der Waals surface area contributed by atoms with Gasteiger partial charge in [0.25, 0.3) is 0 Å². The average molecular weight is 352 g/mol. The lowest BCUT2D eigenvalue weighted by molar-refractivity contribution is 0.156. The van der Waals surface area contributed by atoms with Gasteiger partial charge in [0, 0.05) is 10.4 Å². The Hall–Kier alpha value is -1.98. The molecule has 0 bridgehead atoms. The lowest BCUT2D eigenvalue weighted by Gasteiger charge is -2.23. The fourth-order valence-corrected chi connectivity index (χ4v) is 5.43. The first-order valence-corrected chi connectivity index (χ1v) is 9.79. The van der Waals surface area contributed by atoms with Crippen molar-refractivity contribution in [2.45, 2.75) is 51.6 Å². The second-order valence-corrected chi connectivity index (χ2v) is 8.03. The third kappa shape index (κ3) is 2.45. The van der Waals surface area contributed by atoms with Crippen LogP contribution in [0, 0.1) is 6.92 Å². The lowest BCUT2D eigenvalue weighted by atomic mass is 9.89. The van der Waals surface area contributed by atoms with Crippen molar-refractivity contribution in [3.8, 4) is 11.6 Å². The minimum absolute atomic E-state index is 0.384. The van der Waals surface area contributed by atoms with Gasteiger partial charge in [-0.25, -0.2) is 4.98 Å². The minimum atomic E-state index is -0.384. The molecular formula is C20H20N2O2S. The van der Waals surface area contributed by atoms with E-state index in [1.165, 1.54) is 16.9 Å². The zero-order valence-electron chi connectivity index (χ0n) is 14.2. The van der Waals surface area contributed by atoms with Gasteiger partial charge in [-0.3, -0.25) is 0 Å². The number of aryl methyl sites for hydroxylation is 3. The van der Waals surface area contributed by atoms with E-state index in [1.54, 1.807) is 11.3 Å². The number of benzene rings is 1. The number of rotatable bonds is 2. The molecule has 2 aromatic heterocycles. The van der Waals surface area contributed by atoms with Crippen LogP contribution in [0.15, 0.2) is 18.2 Å². The summed E-state index contributed by atoms with van der Waals surface area (Å²) in [5.41, 5.74) is 3.50. The van der Waals surface area contributed by atoms with E-state index in [-0.39, 0.29) is 6.10 Å². The van der Waals surface area contributed by atoms with Crippen LogP contribution in [-0.2, 0) is 19.3 Å². The summed E-state index contributed by atoms with van der Waals surface area (Å²) >= 11 is 1.78. The molecule has 4 nitrogen and oxygen atoms in total. The Balaban J connectivity index is 1.65. The van der Waals surface area contributed by atoms with Gasteiger partial charge < -0.3 is 9.84 Å². The number of hydrogen-bond acceptors (Lipinski definition) is 5. The molecule has 2 aliphatic rings. The van der Waals surface area contributed by atoms with E-state index >= 15 is 0 Å². The van der Waals surface area contributed by atoms with Crippen LogP contribution >= 0.6 is 11.3 Å². The molecule has 0 spiro atoms. The molecule has 25 heavy (non-hydrogen) atoms. The van der Waals surface area contributed by atoms with Gasteiger partial charge in [-0.2, -0.15) is 4.98 Å². The molecule has 5 heteroatoms. The van der Waals surface area contributed by atoms with Crippen molar-refractivity contribution in [1.82, 2.24) is 9.97 Å². The van der Waals surface area contributed by atoms with Crippen molar-refractivity contribution in [1.29, 1.82) is 0 Å². The van der Waals surface area contributed by atoms with Crippen molar-refractivity contribution < 1.29 is 9.84 Å². The summed E-state index contributed by atoms with van der Waals surface area (Å²) in [4.78, 5) is 11.7. The predicted octanol–water partition coefficient (Wildman–Crippen LogP) is 4.65. The molecule has 0 radical (unpaired) electrons. The number of nitrogens with zero attached hydrogens (tertiary/aromatic N) is 2. The monoisotopic (exact) mass is 352 g/mol. The highest BCUT2D eigenvalue weighted by molar-refractivity contribution is 7.19. The molecule has 2 heterocycles. The summed E-state index contributed by atoms with van der Waals surface area (Å²) in [5, 5.41) is 11.4. The number of aliphatic hydroxyl groups excluding tert-OH is 1. The van der Waals surface area contributed by atoms with E-state index in [0.717, 1.165) is 65.0 Å². The SMILES string of the molecule is Cc1nc(Oc2cccc3c2CCC[C@@H]3O)c2c3c(sc2n1)CCC3. The normalized spacial score (nSPS) is 19.0. The lowest BCUT2D eigenvalue weighted by Crippen LogP contribution is -2.10. The smallest absolute Gasteiger partial charge is 0.231 e. The second kappa shape index (κ2) is 5.78. The molecular weight excluding hydrogens is 332 g/mol. The Morgan fingerprint density at radius 1 is 1.12 bits per heavy atom. The average Bonchev–Trinajstić information content (AvgIpc) is 3.16. The largest absolute Gasteiger partial charge is 0.438 e. The highest BCUT2D eigenvalue weighted by Crippen LogP contribution is 2.43. The van der Waals surface area contributed by atoms with Gasteiger partial charge in [-0.05, 0) is 62.6 Å². The van der Waals surface area contributed by atoms with Crippen molar-refractivity contribution in [2.75, 3.05) is 0 Å². The zero-order valence-corrected chi connectivity index (χ0v) is 15.0. The molecule has 0 saturated heterocycles. The molecule has 0 aliphatic heterocycles. The van der Waals surface area contributed by atoms with Crippen LogP contribution in [0.3, 0.4) is 0 Å². The maximum absolute atomic E-state index is 10.3. The van der Waals surface area contributed by atoms with Crippen LogP contribution < -0.4 is 4.74 Å². The number of aliphatic hydroxyl groups is 1. The Morgan fingerprint density at radius 2 is 2.00 bits per heavy atom. The van der Waals surface area contributed by atoms with Gasteiger partial charge in [0.05, 0.1) is 11.5 Å². The topological polar surface area (TPSA) is 55.2 Å². The van der Waals surface area contributed by atoms with E-state index < -0.39 is 0 Å². The Morgan fingerprint density at radius 3 is 2.92 bits per heavy atom. The van der Waals surface area contributed by atoms with Gasteiger partial charge in [0.1, 0.15) is 16.4 Å². The van der Waals surface area contributed by atoms with Crippen molar-refractivity contribution >= 4 is 21.6 Å². The summed E-state index contributed by atoms with van der Waals surface area (Å²) < 4.78 is 6.35. The molecule has 1 aromatic carbocycles. The van der Waals surface area contributed by atoms with E-state index in [1.807, 2.05) is 25.1 Å². The first kappa shape index (κ1) is 15.3. The third-order valence-electron chi connectivity index (χ3n) is 5.28. The van der Waals surface area contributed by atoms with E-state index in [0.29, 0.717) is 5.88 Å². The second-order valence-electron chi connectivity index (χ2n) is 6.95. The van der Waals surface area contributed by atoms with Gasteiger partial charge >= 0.3 is 0 Å². The number of fused-ring (bicyclic) bond motifs is 4. The highest BCUT2D eigenvalue weighted by atomic mass is 32.1. The van der Waals surface area contributed by atoms with Gasteiger partial charge in [-0.15, -0.1) is 11.3 Å². The third-order valence-corrected chi connectivity index (χ3v) is 6.47. The van der Waals surface area contributed by atoms with Gasteiger partial charge in [0.2, 0.25) is 5.88 Å². The van der Waals surface area contributed by atoms with Crippen LogP contribution in [0.1, 0.15) is 52.8 Å². The zero-order chi connectivity index (χ0) is 17.0. The Bertz CT molecular complexity index is 979. The Kier molecular flexibility index (Phi) is 3.54. The van der Waals surface area contributed by atoms with Gasteiger partial charge in [0.15, 0.2) is 0 Å². The summed E-state index contributed by atoms with van der Waals surface area (Å²) in [6.07, 6.45) is 5.80. The molecule has 0 unspecified atom stereocenters. The van der Waals surface area contributed by atoms with Crippen molar-refractivity contribution in [3.63, 3.8) is 0 Å². The van der Waals surface area contributed by atoms with Crippen LogP contribution in [0.2, 0.25) is 0 Å². The van der Waals surface area contributed by atoms with Crippen molar-refractivity contribution in [2.24, 2.45) is 0 Å². The molecule has 2 aliphatic carbocycles. The number of ether oxygens (including phenoxy) is 1. The van der Waals surface area contributed by atoms with Gasteiger partial charge in [-0.1, -0.05) is 12.1 Å². The molecule has 1 atom stereocenters. The van der Waals surface area contributed by atoms with Crippen LogP contribution in [-0.4, -0.2) is 15.1 Å². The van der Waals surface area contributed by atoms with E-state index in [9.17, 15) is 5.11 Å². The fourth-order valence-electron chi connectivity index (χ4n) is 4.13. The minimum Gasteiger partial charge on any atom is -0.438 e. The summed E-state index contributed by atoms with van der Waals surface area (Å²) in [7, 11) is 0. The first-order valence-electron chi connectivity index (χ1n) is 8.97. The first-order chi connectivity index (χ1) is 12.2. The summed E-state index contributed by atoms with van der Waals surface area (Å²) in [6, 6.07) is 5.97. The highest BCUT2D eigenvalue weighted by Gasteiger charge is 2.25. The van der Waals surface area contributed by atoms with E-state index in [4.69, 9.17) is 4.74 Å². The predicted molar refractivity (Wildman–Crippen MR) is 98.6 cm³/mol. The standard InChI is InChI=1S/C20H20N2O2S/c1-11-21-19(18-14-7-4-10-17(14)25-20(18)22-11)24-16-9-3-5-12-13(16)6-2-8-15(12)23/h3,5,9,15,23H,2,4,6-8,10H2,1H3/t15-/m0/s1. The van der Waals surface area contributed by atoms with Crippen molar-refractivity contribution in [3.05, 3.63) is 45.6 Å². The van der Waals surface area contributed by atoms with E-state index in [2.05, 4.69) is 9.97 Å². The van der Waals surface area contributed by atoms with Crippen LogP contribution in [0.25, 0.3) is 10.2 Å². The molecule has 0 amide bonds. The number of thiophene rings is 1. The number of aromatic nitrogens is 2. The molecule has 5 rings (SSSR count). The Labute approximate surface area is 150 Å². The summed E-state index contributed by atoms with van der Waals surface area (Å²) in [6.45, 7) is 1.92. The summed E-state index contributed by atoms with van der Waals surface area (Å²) in [5.74, 6) is 2.25. The molecule has 1 N–H and O–H groups in total. The maximum atomic E-state index is 10.3. The molecule has 0 fully saturated rings. The quantitative estimate of drug-likeness (QED) is 0.729. The molecule has 128 valence electrons. The molecule has 0 saturated carbocycles.